The lowest BCUT2D eigenvalue weighted by Gasteiger charge is -2.06. The molecule has 1 amide bonds. The highest BCUT2D eigenvalue weighted by Crippen LogP contribution is 2.34. The third-order valence-electron chi connectivity index (χ3n) is 4.33. The van der Waals surface area contributed by atoms with Gasteiger partial charge in [-0.15, -0.1) is 11.3 Å². The van der Waals surface area contributed by atoms with Crippen LogP contribution in [0.5, 0.6) is 5.75 Å². The maximum atomic E-state index is 12.7. The van der Waals surface area contributed by atoms with Crippen molar-refractivity contribution in [3.63, 3.8) is 0 Å². The van der Waals surface area contributed by atoms with Crippen molar-refractivity contribution >= 4 is 34.0 Å². The van der Waals surface area contributed by atoms with Crippen molar-refractivity contribution in [2.45, 2.75) is 20.8 Å². The topological polar surface area (TPSA) is 99.5 Å². The standard InChI is InChI=1S/C21H21N3O5S/c1-5-29-21(27)17-12(2)18(13(3)25)30-20(17)22-19(26)16-10-11-24(23-16)14-6-8-15(28-4)9-7-14/h6-11H,5H2,1-4H3,(H,22,26). The summed E-state index contributed by atoms with van der Waals surface area (Å²) in [7, 11) is 1.58. The van der Waals surface area contributed by atoms with Gasteiger partial charge < -0.3 is 14.8 Å². The van der Waals surface area contributed by atoms with Gasteiger partial charge in [0.25, 0.3) is 5.91 Å². The number of ketones is 1. The highest BCUT2D eigenvalue weighted by molar-refractivity contribution is 7.18. The lowest BCUT2D eigenvalue weighted by atomic mass is 10.1. The first-order valence-electron chi connectivity index (χ1n) is 9.18. The van der Waals surface area contributed by atoms with Crippen LogP contribution in [0, 0.1) is 6.92 Å². The molecule has 9 heteroatoms. The SMILES string of the molecule is CCOC(=O)c1c(NC(=O)c2ccn(-c3ccc(OC)cc3)n2)sc(C(C)=O)c1C. The predicted octanol–water partition coefficient (Wildman–Crippen LogP) is 3.88. The van der Waals surface area contributed by atoms with E-state index < -0.39 is 11.9 Å². The number of amides is 1. The molecule has 2 heterocycles. The Morgan fingerprint density at radius 3 is 2.47 bits per heavy atom. The molecule has 0 aliphatic heterocycles. The molecule has 3 aromatic rings. The van der Waals surface area contributed by atoms with E-state index in [0.717, 1.165) is 17.0 Å². The van der Waals surface area contributed by atoms with E-state index in [1.165, 1.54) is 6.92 Å². The molecule has 1 aromatic carbocycles. The van der Waals surface area contributed by atoms with Crippen molar-refractivity contribution in [1.29, 1.82) is 0 Å². The van der Waals surface area contributed by atoms with Crippen LogP contribution >= 0.6 is 11.3 Å². The van der Waals surface area contributed by atoms with Crippen LogP contribution in [0.3, 0.4) is 0 Å². The fraction of sp³-hybridized carbons (Fsp3) is 0.238. The van der Waals surface area contributed by atoms with Gasteiger partial charge in [-0.2, -0.15) is 5.10 Å². The average molecular weight is 427 g/mol. The zero-order valence-electron chi connectivity index (χ0n) is 17.0. The number of carbonyl (C=O) groups is 3. The molecule has 0 saturated heterocycles. The molecule has 0 fully saturated rings. The number of rotatable bonds is 7. The van der Waals surface area contributed by atoms with E-state index in [9.17, 15) is 14.4 Å². The molecule has 0 aliphatic carbocycles. The Balaban J connectivity index is 1.87. The maximum absolute atomic E-state index is 12.7. The summed E-state index contributed by atoms with van der Waals surface area (Å²) < 4.78 is 11.8. The minimum absolute atomic E-state index is 0.163. The van der Waals surface area contributed by atoms with Crippen molar-refractivity contribution in [3.05, 3.63) is 58.2 Å². The second kappa shape index (κ2) is 8.91. The van der Waals surface area contributed by atoms with Gasteiger partial charge in [-0.05, 0) is 56.7 Å². The van der Waals surface area contributed by atoms with Crippen LogP contribution < -0.4 is 10.1 Å². The van der Waals surface area contributed by atoms with Gasteiger partial charge in [0.1, 0.15) is 10.8 Å². The lowest BCUT2D eigenvalue weighted by molar-refractivity contribution is 0.0527. The molecule has 1 N–H and O–H groups in total. The zero-order valence-corrected chi connectivity index (χ0v) is 17.8. The average Bonchev–Trinajstić information content (AvgIpc) is 3.33. The fourth-order valence-electron chi connectivity index (χ4n) is 2.88. The van der Waals surface area contributed by atoms with Gasteiger partial charge in [-0.3, -0.25) is 9.59 Å². The molecule has 0 saturated carbocycles. The van der Waals surface area contributed by atoms with Crippen LogP contribution in [0.1, 0.15) is 49.9 Å². The van der Waals surface area contributed by atoms with Gasteiger partial charge in [0, 0.05) is 6.20 Å². The molecule has 0 unspecified atom stereocenters. The molecule has 0 radical (unpaired) electrons. The summed E-state index contributed by atoms with van der Waals surface area (Å²) in [5.41, 5.74) is 1.60. The van der Waals surface area contributed by atoms with Crippen molar-refractivity contribution in [1.82, 2.24) is 9.78 Å². The molecule has 156 valence electrons. The number of methoxy groups -OCH3 is 1. The predicted molar refractivity (Wildman–Crippen MR) is 113 cm³/mol. The highest BCUT2D eigenvalue weighted by Gasteiger charge is 2.26. The van der Waals surface area contributed by atoms with E-state index in [4.69, 9.17) is 9.47 Å². The Morgan fingerprint density at radius 1 is 1.17 bits per heavy atom. The molecule has 0 spiro atoms. The molecular weight excluding hydrogens is 406 g/mol. The number of aromatic nitrogens is 2. The van der Waals surface area contributed by atoms with Crippen molar-refractivity contribution in [2.24, 2.45) is 0 Å². The summed E-state index contributed by atoms with van der Waals surface area (Å²) in [6, 6.07) is 8.78. The number of anilines is 1. The first-order valence-corrected chi connectivity index (χ1v) is 10.00. The Labute approximate surface area is 177 Å². The highest BCUT2D eigenvalue weighted by atomic mass is 32.1. The number of Topliss-reactive ketones (excluding diaryl/α,β-unsaturated/α-hetero) is 1. The van der Waals surface area contributed by atoms with Crippen LogP contribution in [0.4, 0.5) is 5.00 Å². The molecule has 3 rings (SSSR count). The van der Waals surface area contributed by atoms with Crippen LogP contribution in [-0.4, -0.2) is 41.2 Å². The number of benzene rings is 1. The summed E-state index contributed by atoms with van der Waals surface area (Å²) in [4.78, 5) is 37.4. The number of hydrogen-bond donors (Lipinski definition) is 1. The van der Waals surface area contributed by atoms with E-state index in [0.29, 0.717) is 16.2 Å². The number of esters is 1. The Kier molecular flexibility index (Phi) is 6.31. The van der Waals surface area contributed by atoms with E-state index >= 15 is 0 Å². The van der Waals surface area contributed by atoms with Crippen LogP contribution in [0.15, 0.2) is 36.5 Å². The normalized spacial score (nSPS) is 10.5. The van der Waals surface area contributed by atoms with Gasteiger partial charge in [0.05, 0.1) is 29.8 Å². The van der Waals surface area contributed by atoms with Crippen molar-refractivity contribution in [2.75, 3.05) is 19.0 Å². The number of nitrogens with one attached hydrogen (secondary N) is 1. The second-order valence-electron chi connectivity index (χ2n) is 6.33. The molecule has 8 nitrogen and oxygen atoms in total. The minimum Gasteiger partial charge on any atom is -0.497 e. The van der Waals surface area contributed by atoms with Gasteiger partial charge in [0.15, 0.2) is 11.5 Å². The van der Waals surface area contributed by atoms with E-state index in [-0.39, 0.29) is 28.6 Å². The quantitative estimate of drug-likeness (QED) is 0.454. The summed E-state index contributed by atoms with van der Waals surface area (Å²) >= 11 is 1.05. The Bertz CT molecular complexity index is 1100. The second-order valence-corrected chi connectivity index (χ2v) is 7.36. The zero-order chi connectivity index (χ0) is 21.8. The molecule has 0 atom stereocenters. The van der Waals surface area contributed by atoms with E-state index in [2.05, 4.69) is 10.4 Å². The third kappa shape index (κ3) is 4.25. The largest absolute Gasteiger partial charge is 0.497 e. The van der Waals surface area contributed by atoms with Gasteiger partial charge >= 0.3 is 5.97 Å². The summed E-state index contributed by atoms with van der Waals surface area (Å²) in [6.45, 7) is 4.95. The smallest absolute Gasteiger partial charge is 0.341 e. The summed E-state index contributed by atoms with van der Waals surface area (Å²) in [6.07, 6.45) is 1.66. The third-order valence-corrected chi connectivity index (χ3v) is 5.64. The van der Waals surface area contributed by atoms with Crippen LogP contribution in [0.25, 0.3) is 5.69 Å². The Morgan fingerprint density at radius 2 is 1.87 bits per heavy atom. The first-order chi connectivity index (χ1) is 14.3. The molecule has 2 aromatic heterocycles. The number of nitrogens with zero attached hydrogens (tertiary/aromatic N) is 2. The molecule has 0 bridgehead atoms. The fourth-order valence-corrected chi connectivity index (χ4v) is 3.96. The van der Waals surface area contributed by atoms with E-state index in [1.54, 1.807) is 50.0 Å². The molecule has 30 heavy (non-hydrogen) atoms. The van der Waals surface area contributed by atoms with E-state index in [1.807, 2.05) is 12.1 Å². The summed E-state index contributed by atoms with van der Waals surface area (Å²) in [5.74, 6) is -0.556. The molecular formula is C21H21N3O5S. The Hall–Kier alpha value is -3.46. The molecule has 0 aliphatic rings. The minimum atomic E-state index is -0.585. The van der Waals surface area contributed by atoms with Gasteiger partial charge in [-0.25, -0.2) is 9.48 Å². The monoisotopic (exact) mass is 427 g/mol. The number of thiophene rings is 1. The first kappa shape index (κ1) is 21.3. The number of hydrogen-bond acceptors (Lipinski definition) is 7. The van der Waals surface area contributed by atoms with Gasteiger partial charge in [0.2, 0.25) is 0 Å². The maximum Gasteiger partial charge on any atom is 0.341 e. The van der Waals surface area contributed by atoms with Crippen molar-refractivity contribution in [3.8, 4) is 11.4 Å². The van der Waals surface area contributed by atoms with Crippen LogP contribution in [0.2, 0.25) is 0 Å². The lowest BCUT2D eigenvalue weighted by Crippen LogP contribution is -2.15. The van der Waals surface area contributed by atoms with Crippen LogP contribution in [-0.2, 0) is 4.74 Å². The number of carbonyl (C=O) groups excluding carboxylic acids is 3. The van der Waals surface area contributed by atoms with Gasteiger partial charge in [-0.1, -0.05) is 0 Å². The van der Waals surface area contributed by atoms with Crippen molar-refractivity contribution < 1.29 is 23.9 Å². The number of ether oxygens (including phenoxy) is 2. The summed E-state index contributed by atoms with van der Waals surface area (Å²) in [5, 5.41) is 7.25.